The Morgan fingerprint density at radius 3 is 2.70 bits per heavy atom. The van der Waals surface area contributed by atoms with E-state index in [9.17, 15) is 0 Å². The standard InChI is InChI=1S/C16H18N4/c1-20-16-8-3-2-7-14(16)15(19-20)11-12(17)10-13-6-4-5-9-18-13/h2-9,12H,10-11,17H2,1H3. The second kappa shape index (κ2) is 5.43. The van der Waals surface area contributed by atoms with E-state index in [-0.39, 0.29) is 6.04 Å². The van der Waals surface area contributed by atoms with E-state index in [4.69, 9.17) is 5.73 Å². The van der Waals surface area contributed by atoms with E-state index in [0.29, 0.717) is 0 Å². The molecule has 0 bridgehead atoms. The van der Waals surface area contributed by atoms with Crippen molar-refractivity contribution in [2.75, 3.05) is 0 Å². The van der Waals surface area contributed by atoms with Crippen LogP contribution in [0, 0.1) is 0 Å². The third-order valence-electron chi connectivity index (χ3n) is 3.49. The molecule has 1 atom stereocenters. The average molecular weight is 266 g/mol. The Balaban J connectivity index is 1.79. The van der Waals surface area contributed by atoms with Crippen LogP contribution in [0.4, 0.5) is 0 Å². The molecule has 0 aliphatic heterocycles. The fourth-order valence-corrected chi connectivity index (χ4v) is 2.55. The van der Waals surface area contributed by atoms with Crippen LogP contribution < -0.4 is 5.73 Å². The molecule has 0 fully saturated rings. The van der Waals surface area contributed by atoms with Crippen LogP contribution in [0.2, 0.25) is 0 Å². The summed E-state index contributed by atoms with van der Waals surface area (Å²) in [5.74, 6) is 0. The van der Waals surface area contributed by atoms with Gasteiger partial charge in [-0.2, -0.15) is 5.10 Å². The highest BCUT2D eigenvalue weighted by molar-refractivity contribution is 5.81. The van der Waals surface area contributed by atoms with Crippen LogP contribution in [0.25, 0.3) is 10.9 Å². The first-order chi connectivity index (χ1) is 9.74. The van der Waals surface area contributed by atoms with Gasteiger partial charge in [-0.05, 0) is 18.2 Å². The third-order valence-corrected chi connectivity index (χ3v) is 3.49. The molecule has 0 aliphatic carbocycles. The summed E-state index contributed by atoms with van der Waals surface area (Å²) >= 11 is 0. The topological polar surface area (TPSA) is 56.7 Å². The normalized spacial score (nSPS) is 12.7. The van der Waals surface area contributed by atoms with E-state index in [1.54, 1.807) is 6.20 Å². The highest BCUT2D eigenvalue weighted by Crippen LogP contribution is 2.18. The molecule has 20 heavy (non-hydrogen) atoms. The van der Waals surface area contributed by atoms with E-state index in [1.165, 1.54) is 5.39 Å². The number of fused-ring (bicyclic) bond motifs is 1. The van der Waals surface area contributed by atoms with Gasteiger partial charge in [0.15, 0.2) is 0 Å². The monoisotopic (exact) mass is 266 g/mol. The Kier molecular flexibility index (Phi) is 3.48. The number of aromatic nitrogens is 3. The fourth-order valence-electron chi connectivity index (χ4n) is 2.55. The molecule has 102 valence electrons. The van der Waals surface area contributed by atoms with Crippen LogP contribution in [0.1, 0.15) is 11.4 Å². The van der Waals surface area contributed by atoms with Crippen molar-refractivity contribution in [3.8, 4) is 0 Å². The minimum absolute atomic E-state index is 0.0307. The van der Waals surface area contributed by atoms with Crippen molar-refractivity contribution in [1.29, 1.82) is 0 Å². The van der Waals surface area contributed by atoms with Gasteiger partial charge in [-0.25, -0.2) is 0 Å². The number of aryl methyl sites for hydroxylation is 1. The number of hydrogen-bond acceptors (Lipinski definition) is 3. The summed E-state index contributed by atoms with van der Waals surface area (Å²) in [5, 5.41) is 5.77. The van der Waals surface area contributed by atoms with Gasteiger partial charge in [0, 0.05) is 43.2 Å². The van der Waals surface area contributed by atoms with Gasteiger partial charge < -0.3 is 5.73 Å². The summed E-state index contributed by atoms with van der Waals surface area (Å²) in [6.45, 7) is 0. The van der Waals surface area contributed by atoms with Crippen LogP contribution in [-0.2, 0) is 19.9 Å². The van der Waals surface area contributed by atoms with Gasteiger partial charge >= 0.3 is 0 Å². The predicted molar refractivity (Wildman–Crippen MR) is 80.3 cm³/mol. The van der Waals surface area contributed by atoms with Crippen LogP contribution in [-0.4, -0.2) is 20.8 Å². The number of hydrogen-bond donors (Lipinski definition) is 1. The summed E-state index contributed by atoms with van der Waals surface area (Å²) in [6, 6.07) is 14.2. The van der Waals surface area contributed by atoms with Crippen molar-refractivity contribution in [3.63, 3.8) is 0 Å². The van der Waals surface area contributed by atoms with Crippen molar-refractivity contribution < 1.29 is 0 Å². The molecule has 4 nitrogen and oxygen atoms in total. The van der Waals surface area contributed by atoms with Crippen molar-refractivity contribution in [3.05, 3.63) is 60.0 Å². The summed E-state index contributed by atoms with van der Waals surface area (Å²) < 4.78 is 1.91. The zero-order chi connectivity index (χ0) is 13.9. The van der Waals surface area contributed by atoms with Gasteiger partial charge in [0.05, 0.1) is 11.2 Å². The molecule has 0 saturated heterocycles. The van der Waals surface area contributed by atoms with E-state index in [0.717, 1.165) is 29.7 Å². The van der Waals surface area contributed by atoms with Gasteiger partial charge in [0.25, 0.3) is 0 Å². The Morgan fingerprint density at radius 1 is 1.10 bits per heavy atom. The number of pyridine rings is 1. The second-order valence-electron chi connectivity index (χ2n) is 5.08. The molecule has 0 amide bonds. The lowest BCUT2D eigenvalue weighted by molar-refractivity contribution is 0.634. The van der Waals surface area contributed by atoms with Gasteiger partial charge in [-0.1, -0.05) is 24.3 Å². The minimum Gasteiger partial charge on any atom is -0.327 e. The highest BCUT2D eigenvalue weighted by Gasteiger charge is 2.12. The van der Waals surface area contributed by atoms with Crippen molar-refractivity contribution in [1.82, 2.24) is 14.8 Å². The molecule has 2 heterocycles. The number of nitrogens with zero attached hydrogens (tertiary/aromatic N) is 3. The maximum absolute atomic E-state index is 6.25. The largest absolute Gasteiger partial charge is 0.327 e. The molecule has 3 aromatic rings. The lowest BCUT2D eigenvalue weighted by Gasteiger charge is -2.09. The molecule has 0 saturated carbocycles. The van der Waals surface area contributed by atoms with Crippen LogP contribution in [0.5, 0.6) is 0 Å². The summed E-state index contributed by atoms with van der Waals surface area (Å²) in [7, 11) is 1.97. The van der Waals surface area contributed by atoms with Crippen LogP contribution in [0.3, 0.4) is 0 Å². The van der Waals surface area contributed by atoms with Gasteiger partial charge in [0.2, 0.25) is 0 Å². The summed E-state index contributed by atoms with van der Waals surface area (Å²) in [6.07, 6.45) is 3.34. The molecule has 1 unspecified atom stereocenters. The van der Waals surface area contributed by atoms with E-state index < -0.39 is 0 Å². The van der Waals surface area contributed by atoms with Gasteiger partial charge in [-0.3, -0.25) is 9.67 Å². The fraction of sp³-hybridized carbons (Fsp3) is 0.250. The smallest absolute Gasteiger partial charge is 0.0718 e. The lowest BCUT2D eigenvalue weighted by atomic mass is 10.0. The van der Waals surface area contributed by atoms with E-state index >= 15 is 0 Å². The summed E-state index contributed by atoms with van der Waals surface area (Å²) in [4.78, 5) is 4.32. The molecule has 3 rings (SSSR count). The molecule has 2 N–H and O–H groups in total. The quantitative estimate of drug-likeness (QED) is 0.786. The molecule has 0 radical (unpaired) electrons. The zero-order valence-electron chi connectivity index (χ0n) is 11.5. The van der Waals surface area contributed by atoms with Gasteiger partial charge in [-0.15, -0.1) is 0 Å². The van der Waals surface area contributed by atoms with Crippen LogP contribution in [0.15, 0.2) is 48.7 Å². The molecule has 0 spiro atoms. The maximum Gasteiger partial charge on any atom is 0.0718 e. The first-order valence-corrected chi connectivity index (χ1v) is 6.80. The van der Waals surface area contributed by atoms with Crippen molar-refractivity contribution >= 4 is 10.9 Å². The molecule has 0 aliphatic rings. The number of para-hydroxylation sites is 1. The Bertz CT molecular complexity index is 703. The first kappa shape index (κ1) is 12.8. The molecule has 1 aromatic carbocycles. The number of nitrogens with two attached hydrogens (primary N) is 1. The number of benzene rings is 1. The average Bonchev–Trinajstić information content (AvgIpc) is 2.77. The van der Waals surface area contributed by atoms with Crippen molar-refractivity contribution in [2.24, 2.45) is 12.8 Å². The third kappa shape index (κ3) is 2.56. The lowest BCUT2D eigenvalue weighted by Crippen LogP contribution is -2.26. The first-order valence-electron chi connectivity index (χ1n) is 6.80. The molecule has 4 heteroatoms. The Morgan fingerprint density at radius 2 is 1.90 bits per heavy atom. The minimum atomic E-state index is 0.0307. The zero-order valence-corrected chi connectivity index (χ0v) is 11.5. The van der Waals surface area contributed by atoms with Crippen LogP contribution >= 0.6 is 0 Å². The van der Waals surface area contributed by atoms with E-state index in [1.807, 2.05) is 42.1 Å². The van der Waals surface area contributed by atoms with Gasteiger partial charge in [0.1, 0.15) is 0 Å². The highest BCUT2D eigenvalue weighted by atomic mass is 15.3. The Hall–Kier alpha value is -2.20. The predicted octanol–water partition coefficient (Wildman–Crippen LogP) is 2.08. The number of rotatable bonds is 4. The molecular weight excluding hydrogens is 248 g/mol. The second-order valence-corrected chi connectivity index (χ2v) is 5.08. The van der Waals surface area contributed by atoms with Crippen molar-refractivity contribution in [2.45, 2.75) is 18.9 Å². The molecular formula is C16H18N4. The Labute approximate surface area is 118 Å². The summed E-state index contributed by atoms with van der Waals surface area (Å²) in [5.41, 5.74) is 9.48. The van der Waals surface area contributed by atoms with E-state index in [2.05, 4.69) is 22.2 Å². The SMILES string of the molecule is Cn1nc(CC(N)Cc2ccccn2)c2ccccc21. The molecule has 2 aromatic heterocycles. The maximum atomic E-state index is 6.25.